The van der Waals surface area contributed by atoms with Crippen LogP contribution >= 0.6 is 0 Å². The second-order valence-electron chi connectivity index (χ2n) is 4.41. The van der Waals surface area contributed by atoms with E-state index in [9.17, 15) is 4.79 Å². The predicted molar refractivity (Wildman–Crippen MR) is 75.8 cm³/mol. The number of rotatable bonds is 4. The molecule has 0 aliphatic rings. The van der Waals surface area contributed by atoms with Crippen molar-refractivity contribution < 1.29 is 4.79 Å². The fourth-order valence-electron chi connectivity index (χ4n) is 1.62. The van der Waals surface area contributed by atoms with Crippen molar-refractivity contribution in [3.8, 4) is 17.3 Å². The number of carbonyl (C=O) groups is 1. The Kier molecular flexibility index (Phi) is 4.35. The second kappa shape index (κ2) is 6.38. The molecule has 0 radical (unpaired) electrons. The fourth-order valence-corrected chi connectivity index (χ4v) is 1.62. The van der Waals surface area contributed by atoms with E-state index in [0.717, 1.165) is 11.3 Å². The van der Waals surface area contributed by atoms with Gasteiger partial charge in [0.15, 0.2) is 0 Å². The van der Waals surface area contributed by atoms with Gasteiger partial charge in [0.1, 0.15) is 0 Å². The Balaban J connectivity index is 1.91. The molecule has 20 heavy (non-hydrogen) atoms. The van der Waals surface area contributed by atoms with E-state index in [1.807, 2.05) is 30.3 Å². The van der Waals surface area contributed by atoms with Crippen LogP contribution in [0.2, 0.25) is 0 Å². The van der Waals surface area contributed by atoms with Crippen molar-refractivity contribution in [3.05, 3.63) is 36.5 Å². The quantitative estimate of drug-likeness (QED) is 0.795. The number of hydrogen-bond donors (Lipinski definition) is 3. The number of H-pyrrole nitrogens is 1. The summed E-state index contributed by atoms with van der Waals surface area (Å²) in [6.45, 7) is 2.08. The van der Waals surface area contributed by atoms with E-state index in [-0.39, 0.29) is 11.9 Å². The van der Waals surface area contributed by atoms with Crippen LogP contribution in [-0.4, -0.2) is 22.8 Å². The van der Waals surface area contributed by atoms with Gasteiger partial charge in [-0.2, -0.15) is 10.4 Å². The van der Waals surface area contributed by atoms with Gasteiger partial charge in [0, 0.05) is 18.4 Å². The molecule has 102 valence electrons. The maximum Gasteiger partial charge on any atom is 0.319 e. The minimum absolute atomic E-state index is 0.205. The Hall–Kier alpha value is -2.81. The first-order chi connectivity index (χ1) is 9.69. The molecule has 6 nitrogen and oxygen atoms in total. The van der Waals surface area contributed by atoms with Crippen LogP contribution in [0.5, 0.6) is 0 Å². The van der Waals surface area contributed by atoms with Crippen molar-refractivity contribution >= 4 is 11.7 Å². The SMILES string of the molecule is C[C@H](C#N)CNC(=O)Nc1ccc(-c2ccn[nH]2)cc1. The third-order valence-corrected chi connectivity index (χ3v) is 2.74. The van der Waals surface area contributed by atoms with Crippen LogP contribution in [-0.2, 0) is 0 Å². The monoisotopic (exact) mass is 269 g/mol. The zero-order valence-electron chi connectivity index (χ0n) is 11.1. The molecule has 0 fully saturated rings. The van der Waals surface area contributed by atoms with Crippen molar-refractivity contribution in [2.24, 2.45) is 5.92 Å². The molecule has 1 aromatic heterocycles. The molecule has 1 heterocycles. The highest BCUT2D eigenvalue weighted by Gasteiger charge is 2.05. The molecular formula is C14H15N5O. The van der Waals surface area contributed by atoms with Gasteiger partial charge in [0.2, 0.25) is 0 Å². The van der Waals surface area contributed by atoms with Gasteiger partial charge in [-0.15, -0.1) is 0 Å². The Bertz CT molecular complexity index is 597. The molecule has 3 N–H and O–H groups in total. The van der Waals surface area contributed by atoms with Crippen LogP contribution < -0.4 is 10.6 Å². The number of aromatic nitrogens is 2. The van der Waals surface area contributed by atoms with E-state index in [4.69, 9.17) is 5.26 Å². The summed E-state index contributed by atoms with van der Waals surface area (Å²) in [6, 6.07) is 11.0. The molecule has 0 bridgehead atoms. The van der Waals surface area contributed by atoms with Gasteiger partial charge in [0.05, 0.1) is 17.7 Å². The highest BCUT2D eigenvalue weighted by molar-refractivity contribution is 5.89. The summed E-state index contributed by atoms with van der Waals surface area (Å²) in [4.78, 5) is 11.6. The number of nitrogens with one attached hydrogen (secondary N) is 3. The summed E-state index contributed by atoms with van der Waals surface area (Å²) < 4.78 is 0. The third kappa shape index (κ3) is 3.59. The molecule has 2 amide bonds. The molecule has 0 spiro atoms. The smallest absolute Gasteiger partial charge is 0.319 e. The maximum atomic E-state index is 11.6. The highest BCUT2D eigenvalue weighted by Crippen LogP contribution is 2.18. The Labute approximate surface area is 116 Å². The summed E-state index contributed by atoms with van der Waals surface area (Å²) in [5.74, 6) is -0.205. The van der Waals surface area contributed by atoms with E-state index >= 15 is 0 Å². The van der Waals surface area contributed by atoms with Gasteiger partial charge in [-0.05, 0) is 30.7 Å². The van der Waals surface area contributed by atoms with Crippen molar-refractivity contribution in [2.75, 3.05) is 11.9 Å². The first-order valence-electron chi connectivity index (χ1n) is 6.23. The molecule has 0 aliphatic carbocycles. The third-order valence-electron chi connectivity index (χ3n) is 2.74. The van der Waals surface area contributed by atoms with Crippen LogP contribution in [0.4, 0.5) is 10.5 Å². The van der Waals surface area contributed by atoms with Gasteiger partial charge in [-0.1, -0.05) is 12.1 Å². The van der Waals surface area contributed by atoms with E-state index < -0.39 is 0 Å². The number of aromatic amines is 1. The lowest BCUT2D eigenvalue weighted by atomic mass is 10.1. The number of benzene rings is 1. The molecule has 1 atom stereocenters. The number of carbonyl (C=O) groups excluding carboxylic acids is 1. The minimum Gasteiger partial charge on any atom is -0.337 e. The van der Waals surface area contributed by atoms with Crippen molar-refractivity contribution in [1.82, 2.24) is 15.5 Å². The second-order valence-corrected chi connectivity index (χ2v) is 4.41. The molecule has 0 unspecified atom stereocenters. The minimum atomic E-state index is -0.318. The molecule has 2 aromatic rings. The van der Waals surface area contributed by atoms with E-state index in [0.29, 0.717) is 12.2 Å². The molecule has 2 rings (SSSR count). The largest absolute Gasteiger partial charge is 0.337 e. The summed E-state index contributed by atoms with van der Waals surface area (Å²) >= 11 is 0. The van der Waals surface area contributed by atoms with Crippen molar-refractivity contribution in [2.45, 2.75) is 6.92 Å². The zero-order chi connectivity index (χ0) is 14.4. The highest BCUT2D eigenvalue weighted by atomic mass is 16.2. The number of urea groups is 1. The number of amides is 2. The zero-order valence-corrected chi connectivity index (χ0v) is 11.1. The number of nitriles is 1. The van der Waals surface area contributed by atoms with Crippen molar-refractivity contribution in [1.29, 1.82) is 5.26 Å². The van der Waals surface area contributed by atoms with Gasteiger partial charge >= 0.3 is 6.03 Å². The Morgan fingerprint density at radius 1 is 1.40 bits per heavy atom. The summed E-state index contributed by atoms with van der Waals surface area (Å²) in [5.41, 5.74) is 2.60. The van der Waals surface area contributed by atoms with Crippen LogP contribution in [0.1, 0.15) is 6.92 Å². The molecule has 1 aromatic carbocycles. The standard InChI is InChI=1S/C14H15N5O/c1-10(8-15)9-16-14(20)18-12-4-2-11(3-5-12)13-6-7-17-19-13/h2-7,10H,9H2,1H3,(H,17,19)(H2,16,18,20)/t10-/m1/s1. The summed E-state index contributed by atoms with van der Waals surface area (Å²) in [5, 5.41) is 20.7. The molecule has 0 aliphatic heterocycles. The fraction of sp³-hybridized carbons (Fsp3) is 0.214. The maximum absolute atomic E-state index is 11.6. The average Bonchev–Trinajstić information content (AvgIpc) is 2.99. The van der Waals surface area contributed by atoms with Crippen molar-refractivity contribution in [3.63, 3.8) is 0 Å². The normalized spacial score (nSPS) is 11.4. The molecule has 6 heteroatoms. The predicted octanol–water partition coefficient (Wildman–Crippen LogP) is 2.36. The summed E-state index contributed by atoms with van der Waals surface area (Å²) in [6.07, 6.45) is 1.69. The average molecular weight is 269 g/mol. The van der Waals surface area contributed by atoms with Crippen LogP contribution in [0, 0.1) is 17.2 Å². The first-order valence-corrected chi connectivity index (χ1v) is 6.23. The van der Waals surface area contributed by atoms with Gasteiger partial charge in [0.25, 0.3) is 0 Å². The number of hydrogen-bond acceptors (Lipinski definition) is 3. The Morgan fingerprint density at radius 2 is 2.15 bits per heavy atom. The van der Waals surface area contributed by atoms with E-state index in [1.54, 1.807) is 13.1 Å². The Morgan fingerprint density at radius 3 is 2.75 bits per heavy atom. The van der Waals surface area contributed by atoms with Gasteiger partial charge < -0.3 is 10.6 Å². The lowest BCUT2D eigenvalue weighted by Gasteiger charge is -2.08. The van der Waals surface area contributed by atoms with Gasteiger partial charge in [-0.3, -0.25) is 5.10 Å². The van der Waals surface area contributed by atoms with Crippen LogP contribution in [0.15, 0.2) is 36.5 Å². The molecule has 0 saturated heterocycles. The number of anilines is 1. The molecule has 0 saturated carbocycles. The van der Waals surface area contributed by atoms with Crippen LogP contribution in [0.25, 0.3) is 11.3 Å². The molecular weight excluding hydrogens is 254 g/mol. The number of nitrogens with zero attached hydrogens (tertiary/aromatic N) is 2. The lowest BCUT2D eigenvalue weighted by Crippen LogP contribution is -2.31. The summed E-state index contributed by atoms with van der Waals surface area (Å²) in [7, 11) is 0. The topological polar surface area (TPSA) is 93.6 Å². The van der Waals surface area contributed by atoms with E-state index in [2.05, 4.69) is 26.9 Å². The first kappa shape index (κ1) is 13.6. The lowest BCUT2D eigenvalue weighted by molar-refractivity contribution is 0.251. The van der Waals surface area contributed by atoms with Crippen LogP contribution in [0.3, 0.4) is 0 Å². The van der Waals surface area contributed by atoms with E-state index in [1.165, 1.54) is 0 Å². The van der Waals surface area contributed by atoms with Gasteiger partial charge in [-0.25, -0.2) is 4.79 Å².